The molecule has 2 saturated heterocycles. The average molecular weight is 337 g/mol. The Balaban J connectivity index is 1.38. The molecule has 0 aromatic rings. The SMILES string of the molecule is O=C(CN1C(=O)NC2(CCCC2)C1=O)NCCCN1CCNCC1. The van der Waals surface area contributed by atoms with Crippen molar-refractivity contribution in [3.8, 4) is 0 Å². The summed E-state index contributed by atoms with van der Waals surface area (Å²) in [6.07, 6.45) is 4.12. The summed E-state index contributed by atoms with van der Waals surface area (Å²) < 4.78 is 0. The number of urea groups is 1. The highest BCUT2D eigenvalue weighted by Gasteiger charge is 2.52. The molecule has 3 fully saturated rings. The molecule has 24 heavy (non-hydrogen) atoms. The zero-order valence-corrected chi connectivity index (χ0v) is 14.1. The van der Waals surface area contributed by atoms with Crippen LogP contribution in [-0.2, 0) is 9.59 Å². The number of nitrogens with zero attached hydrogens (tertiary/aromatic N) is 2. The molecule has 4 amide bonds. The number of rotatable bonds is 6. The van der Waals surface area contributed by atoms with Crippen LogP contribution in [0.5, 0.6) is 0 Å². The van der Waals surface area contributed by atoms with E-state index in [2.05, 4.69) is 20.9 Å². The molecule has 1 spiro atoms. The van der Waals surface area contributed by atoms with Crippen molar-refractivity contribution >= 4 is 17.8 Å². The van der Waals surface area contributed by atoms with Crippen molar-refractivity contribution in [3.63, 3.8) is 0 Å². The van der Waals surface area contributed by atoms with Gasteiger partial charge in [0.25, 0.3) is 5.91 Å². The van der Waals surface area contributed by atoms with Crippen LogP contribution in [0.1, 0.15) is 32.1 Å². The van der Waals surface area contributed by atoms with Crippen LogP contribution in [0.4, 0.5) is 4.79 Å². The predicted octanol–water partition coefficient (Wildman–Crippen LogP) is -0.737. The maximum atomic E-state index is 12.5. The first kappa shape index (κ1) is 17.2. The summed E-state index contributed by atoms with van der Waals surface area (Å²) in [5.74, 6) is -0.505. The lowest BCUT2D eigenvalue weighted by atomic mass is 9.98. The van der Waals surface area contributed by atoms with E-state index >= 15 is 0 Å². The van der Waals surface area contributed by atoms with E-state index < -0.39 is 11.6 Å². The molecule has 0 radical (unpaired) electrons. The molecule has 8 heteroatoms. The molecule has 134 valence electrons. The second-order valence-electron chi connectivity index (χ2n) is 6.91. The number of carbonyl (C=O) groups is 3. The van der Waals surface area contributed by atoms with Crippen molar-refractivity contribution in [1.29, 1.82) is 0 Å². The monoisotopic (exact) mass is 337 g/mol. The van der Waals surface area contributed by atoms with Gasteiger partial charge < -0.3 is 20.9 Å². The maximum Gasteiger partial charge on any atom is 0.325 e. The van der Waals surface area contributed by atoms with Gasteiger partial charge in [-0.2, -0.15) is 0 Å². The molecule has 2 aliphatic heterocycles. The van der Waals surface area contributed by atoms with Crippen molar-refractivity contribution in [1.82, 2.24) is 25.8 Å². The molecule has 0 unspecified atom stereocenters. The Morgan fingerprint density at radius 3 is 2.58 bits per heavy atom. The predicted molar refractivity (Wildman–Crippen MR) is 88.4 cm³/mol. The van der Waals surface area contributed by atoms with Crippen molar-refractivity contribution in [2.45, 2.75) is 37.6 Å². The number of amides is 4. The Kier molecular flexibility index (Phi) is 5.35. The van der Waals surface area contributed by atoms with E-state index in [1.165, 1.54) is 0 Å². The molecule has 3 aliphatic rings. The van der Waals surface area contributed by atoms with Crippen LogP contribution in [0.2, 0.25) is 0 Å². The molecule has 0 aromatic heterocycles. The van der Waals surface area contributed by atoms with Crippen molar-refractivity contribution in [3.05, 3.63) is 0 Å². The number of imide groups is 1. The van der Waals surface area contributed by atoms with E-state index in [1.807, 2.05) is 0 Å². The van der Waals surface area contributed by atoms with Crippen LogP contribution >= 0.6 is 0 Å². The summed E-state index contributed by atoms with van der Waals surface area (Å²) >= 11 is 0. The summed E-state index contributed by atoms with van der Waals surface area (Å²) in [4.78, 5) is 39.9. The van der Waals surface area contributed by atoms with E-state index in [4.69, 9.17) is 0 Å². The molecule has 0 atom stereocenters. The van der Waals surface area contributed by atoms with E-state index in [9.17, 15) is 14.4 Å². The number of nitrogens with one attached hydrogen (secondary N) is 3. The molecular weight excluding hydrogens is 310 g/mol. The average Bonchev–Trinajstić information content (AvgIpc) is 3.14. The Labute approximate surface area is 142 Å². The van der Waals surface area contributed by atoms with Crippen LogP contribution in [-0.4, -0.2) is 79.0 Å². The van der Waals surface area contributed by atoms with Crippen LogP contribution in [0, 0.1) is 0 Å². The fourth-order valence-electron chi connectivity index (χ4n) is 3.80. The molecular formula is C16H27N5O3. The second-order valence-corrected chi connectivity index (χ2v) is 6.91. The zero-order chi connectivity index (χ0) is 17.0. The molecule has 8 nitrogen and oxygen atoms in total. The minimum Gasteiger partial charge on any atom is -0.354 e. The van der Waals surface area contributed by atoms with Gasteiger partial charge in [-0.1, -0.05) is 12.8 Å². The molecule has 0 aromatic carbocycles. The van der Waals surface area contributed by atoms with Crippen molar-refractivity contribution in [2.75, 3.05) is 45.8 Å². The third-order valence-electron chi connectivity index (χ3n) is 5.19. The quantitative estimate of drug-likeness (QED) is 0.439. The Morgan fingerprint density at radius 1 is 1.17 bits per heavy atom. The van der Waals surface area contributed by atoms with Gasteiger partial charge in [0.05, 0.1) is 0 Å². The van der Waals surface area contributed by atoms with E-state index in [-0.39, 0.29) is 18.4 Å². The third kappa shape index (κ3) is 3.70. The number of hydrogen-bond acceptors (Lipinski definition) is 5. The van der Waals surface area contributed by atoms with E-state index in [0.717, 1.165) is 56.9 Å². The smallest absolute Gasteiger partial charge is 0.325 e. The molecule has 1 aliphatic carbocycles. The number of carbonyl (C=O) groups excluding carboxylic acids is 3. The van der Waals surface area contributed by atoms with Gasteiger partial charge in [-0.15, -0.1) is 0 Å². The Bertz CT molecular complexity index is 498. The second kappa shape index (κ2) is 7.48. The lowest BCUT2D eigenvalue weighted by Crippen LogP contribution is -2.46. The Morgan fingerprint density at radius 2 is 1.88 bits per heavy atom. The normalized spacial score (nSPS) is 23.8. The molecule has 3 N–H and O–H groups in total. The van der Waals surface area contributed by atoms with Crippen molar-refractivity contribution in [2.24, 2.45) is 0 Å². The van der Waals surface area contributed by atoms with Crippen LogP contribution < -0.4 is 16.0 Å². The van der Waals surface area contributed by atoms with Crippen LogP contribution in [0.3, 0.4) is 0 Å². The van der Waals surface area contributed by atoms with Gasteiger partial charge in [0.1, 0.15) is 12.1 Å². The summed E-state index contributed by atoms with van der Waals surface area (Å²) in [5.41, 5.74) is -0.736. The molecule has 0 bridgehead atoms. The topological polar surface area (TPSA) is 93.8 Å². The summed E-state index contributed by atoms with van der Waals surface area (Å²) in [5, 5.41) is 8.91. The van der Waals surface area contributed by atoms with Crippen LogP contribution in [0.25, 0.3) is 0 Å². The fourth-order valence-corrected chi connectivity index (χ4v) is 3.80. The summed E-state index contributed by atoms with van der Waals surface area (Å²) in [7, 11) is 0. The highest BCUT2D eigenvalue weighted by Crippen LogP contribution is 2.34. The standard InChI is InChI=1S/C16H27N5O3/c22-13(18-6-3-9-20-10-7-17-8-11-20)12-21-14(23)16(19-15(21)24)4-1-2-5-16/h17H,1-12H2,(H,18,22)(H,19,24). The van der Waals surface area contributed by atoms with E-state index in [0.29, 0.717) is 19.4 Å². The third-order valence-corrected chi connectivity index (χ3v) is 5.19. The van der Waals surface area contributed by atoms with Crippen molar-refractivity contribution < 1.29 is 14.4 Å². The number of piperazine rings is 1. The summed E-state index contributed by atoms with van der Waals surface area (Å²) in [6, 6.07) is -0.433. The minimum absolute atomic E-state index is 0.181. The molecule has 3 rings (SSSR count). The van der Waals surface area contributed by atoms with Crippen LogP contribution in [0.15, 0.2) is 0 Å². The van der Waals surface area contributed by atoms with Gasteiger partial charge in [-0.3, -0.25) is 14.5 Å². The Hall–Kier alpha value is -1.67. The largest absolute Gasteiger partial charge is 0.354 e. The van der Waals surface area contributed by atoms with Gasteiger partial charge in [-0.25, -0.2) is 4.79 Å². The maximum absolute atomic E-state index is 12.5. The summed E-state index contributed by atoms with van der Waals surface area (Å²) in [6.45, 7) is 5.45. The lowest BCUT2D eigenvalue weighted by molar-refractivity contribution is -0.134. The van der Waals surface area contributed by atoms with Gasteiger partial charge in [0.15, 0.2) is 0 Å². The highest BCUT2D eigenvalue weighted by atomic mass is 16.2. The fraction of sp³-hybridized carbons (Fsp3) is 0.812. The number of hydrogen-bond donors (Lipinski definition) is 3. The van der Waals surface area contributed by atoms with Gasteiger partial charge in [-0.05, 0) is 25.8 Å². The molecule has 1 saturated carbocycles. The lowest BCUT2D eigenvalue weighted by Gasteiger charge is -2.27. The molecule has 2 heterocycles. The van der Waals surface area contributed by atoms with Gasteiger partial charge in [0.2, 0.25) is 5.91 Å². The van der Waals surface area contributed by atoms with E-state index in [1.54, 1.807) is 0 Å². The first-order chi connectivity index (χ1) is 11.6. The minimum atomic E-state index is -0.736. The first-order valence-electron chi connectivity index (χ1n) is 8.95. The van der Waals surface area contributed by atoms with Gasteiger partial charge >= 0.3 is 6.03 Å². The zero-order valence-electron chi connectivity index (χ0n) is 14.1. The van der Waals surface area contributed by atoms with Gasteiger partial charge in [0, 0.05) is 32.7 Å². The first-order valence-corrected chi connectivity index (χ1v) is 8.95. The highest BCUT2D eigenvalue weighted by molar-refractivity contribution is 6.09.